The number of fused-ring (bicyclic) bond motifs is 1. The molecule has 1 aromatic heterocycles. The Morgan fingerprint density at radius 1 is 0.938 bits per heavy atom. The fourth-order valence-electron chi connectivity index (χ4n) is 3.81. The van der Waals surface area contributed by atoms with Crippen molar-refractivity contribution in [1.82, 2.24) is 9.88 Å². The maximum Gasteiger partial charge on any atom is 0.407 e. The molecule has 4 rings (SSSR count). The van der Waals surface area contributed by atoms with Crippen LogP contribution in [0.15, 0.2) is 79.0 Å². The number of nitrogens with one attached hydrogen (secondary N) is 1. The van der Waals surface area contributed by atoms with E-state index in [-0.39, 0.29) is 6.54 Å². The lowest BCUT2D eigenvalue weighted by atomic mass is 10.1. The first kappa shape index (κ1) is 21.3. The Hall–Kier alpha value is -3.93. The van der Waals surface area contributed by atoms with Crippen LogP contribution < -0.4 is 9.47 Å². The van der Waals surface area contributed by atoms with Crippen molar-refractivity contribution in [3.63, 3.8) is 0 Å². The Labute approximate surface area is 187 Å². The minimum atomic E-state index is -0.962. The quantitative estimate of drug-likeness (QED) is 0.369. The molecule has 3 aromatic carbocycles. The van der Waals surface area contributed by atoms with Gasteiger partial charge in [0.25, 0.3) is 0 Å². The number of benzene rings is 3. The molecular formula is C26H26N2O4. The maximum absolute atomic E-state index is 11.9. The highest BCUT2D eigenvalue weighted by atomic mass is 16.5. The summed E-state index contributed by atoms with van der Waals surface area (Å²) in [6.45, 7) is 1.09. The van der Waals surface area contributed by atoms with Crippen LogP contribution in [0.2, 0.25) is 0 Å². The van der Waals surface area contributed by atoms with Crippen molar-refractivity contribution in [3.8, 4) is 11.5 Å². The van der Waals surface area contributed by atoms with Crippen LogP contribution in [0, 0.1) is 0 Å². The van der Waals surface area contributed by atoms with Gasteiger partial charge in [0.2, 0.25) is 0 Å². The molecule has 2 N–H and O–H groups in total. The Morgan fingerprint density at radius 3 is 2.47 bits per heavy atom. The molecule has 32 heavy (non-hydrogen) atoms. The Balaban J connectivity index is 1.51. The van der Waals surface area contributed by atoms with Gasteiger partial charge in [-0.2, -0.15) is 0 Å². The van der Waals surface area contributed by atoms with E-state index in [4.69, 9.17) is 9.47 Å². The third-order valence-electron chi connectivity index (χ3n) is 5.46. The minimum Gasteiger partial charge on any atom is -0.496 e. The summed E-state index contributed by atoms with van der Waals surface area (Å²) < 4.78 is 11.5. The van der Waals surface area contributed by atoms with Crippen LogP contribution in [-0.2, 0) is 19.6 Å². The summed E-state index contributed by atoms with van der Waals surface area (Å²) in [5.41, 5.74) is 3.92. The Morgan fingerprint density at radius 2 is 1.69 bits per heavy atom. The Bertz CT molecular complexity index is 1190. The van der Waals surface area contributed by atoms with Gasteiger partial charge in [-0.3, -0.25) is 0 Å². The second-order valence-corrected chi connectivity index (χ2v) is 7.53. The number of aromatic amines is 1. The monoisotopic (exact) mass is 430 g/mol. The number of para-hydroxylation sites is 1. The molecular weight excluding hydrogens is 404 g/mol. The number of amides is 1. The van der Waals surface area contributed by atoms with Crippen LogP contribution >= 0.6 is 0 Å². The molecule has 0 saturated heterocycles. The standard InChI is InChI=1S/C26H26N2O4/c1-31-23-12-6-5-10-21(23)17-28(26(29)30)15-14-20-16-27-22-11-7-13-24(25(20)22)32-18-19-8-3-2-4-9-19/h2-13,16,27H,14-15,17-18H2,1H3,(H,29,30). The average molecular weight is 431 g/mol. The van der Waals surface area contributed by atoms with E-state index in [1.165, 1.54) is 4.90 Å². The molecule has 6 nitrogen and oxygen atoms in total. The van der Waals surface area contributed by atoms with Gasteiger partial charge in [-0.1, -0.05) is 54.6 Å². The second kappa shape index (κ2) is 9.92. The van der Waals surface area contributed by atoms with Gasteiger partial charge in [0.1, 0.15) is 18.1 Å². The first-order chi connectivity index (χ1) is 15.7. The maximum atomic E-state index is 11.9. The summed E-state index contributed by atoms with van der Waals surface area (Å²) in [6, 6.07) is 23.4. The summed E-state index contributed by atoms with van der Waals surface area (Å²) in [5, 5.41) is 10.7. The predicted octanol–water partition coefficient (Wildman–Crippen LogP) is 5.48. The molecule has 0 saturated carbocycles. The van der Waals surface area contributed by atoms with Gasteiger partial charge in [0, 0.05) is 29.2 Å². The summed E-state index contributed by atoms with van der Waals surface area (Å²) in [5.74, 6) is 1.47. The van der Waals surface area contributed by atoms with Crippen LogP contribution in [0.3, 0.4) is 0 Å². The zero-order valence-electron chi connectivity index (χ0n) is 18.0. The molecule has 164 valence electrons. The molecule has 0 fully saturated rings. The number of aromatic nitrogens is 1. The van der Waals surface area contributed by atoms with Gasteiger partial charge in [-0.25, -0.2) is 4.79 Å². The third kappa shape index (κ3) is 4.86. The molecule has 1 heterocycles. The first-order valence-corrected chi connectivity index (χ1v) is 10.5. The highest BCUT2D eigenvalue weighted by Crippen LogP contribution is 2.30. The number of carbonyl (C=O) groups is 1. The molecule has 0 unspecified atom stereocenters. The molecule has 1 amide bonds. The second-order valence-electron chi connectivity index (χ2n) is 7.53. The van der Waals surface area contributed by atoms with E-state index in [1.807, 2.05) is 79.0 Å². The lowest BCUT2D eigenvalue weighted by Gasteiger charge is -2.20. The fraction of sp³-hybridized carbons (Fsp3) is 0.192. The first-order valence-electron chi connectivity index (χ1n) is 10.5. The zero-order chi connectivity index (χ0) is 22.3. The molecule has 0 radical (unpaired) electrons. The van der Waals surface area contributed by atoms with Crippen LogP contribution in [0.25, 0.3) is 10.9 Å². The SMILES string of the molecule is COc1ccccc1CN(CCc1c[nH]c2cccc(OCc3ccccc3)c12)C(=O)O. The summed E-state index contributed by atoms with van der Waals surface area (Å²) >= 11 is 0. The summed E-state index contributed by atoms with van der Waals surface area (Å²) in [6.07, 6.45) is 1.53. The molecule has 0 spiro atoms. The Kier molecular flexibility index (Phi) is 6.60. The van der Waals surface area contributed by atoms with Gasteiger partial charge >= 0.3 is 6.09 Å². The van der Waals surface area contributed by atoms with Crippen molar-refractivity contribution in [3.05, 3.63) is 95.7 Å². The topological polar surface area (TPSA) is 74.8 Å². The minimum absolute atomic E-state index is 0.263. The smallest absolute Gasteiger partial charge is 0.407 e. The predicted molar refractivity (Wildman–Crippen MR) is 124 cm³/mol. The van der Waals surface area contributed by atoms with E-state index in [9.17, 15) is 9.90 Å². The largest absolute Gasteiger partial charge is 0.496 e. The summed E-state index contributed by atoms with van der Waals surface area (Å²) in [4.78, 5) is 16.6. The van der Waals surface area contributed by atoms with Crippen LogP contribution in [0.4, 0.5) is 4.79 Å². The van der Waals surface area contributed by atoms with E-state index in [2.05, 4.69) is 4.98 Å². The van der Waals surface area contributed by atoms with E-state index >= 15 is 0 Å². The number of H-pyrrole nitrogens is 1. The lowest BCUT2D eigenvalue weighted by Crippen LogP contribution is -2.31. The molecule has 0 atom stereocenters. The van der Waals surface area contributed by atoms with Gasteiger partial charge in [0.05, 0.1) is 13.7 Å². The summed E-state index contributed by atoms with van der Waals surface area (Å²) in [7, 11) is 1.59. The zero-order valence-corrected chi connectivity index (χ0v) is 18.0. The van der Waals surface area contributed by atoms with Crippen molar-refractivity contribution in [2.45, 2.75) is 19.6 Å². The number of hydrogen-bond acceptors (Lipinski definition) is 3. The van der Waals surface area contributed by atoms with Crippen molar-refractivity contribution in [2.75, 3.05) is 13.7 Å². The number of carboxylic acid groups (broad SMARTS) is 1. The lowest BCUT2D eigenvalue weighted by molar-refractivity contribution is 0.142. The number of methoxy groups -OCH3 is 1. The van der Waals surface area contributed by atoms with Crippen molar-refractivity contribution in [1.29, 1.82) is 0 Å². The highest BCUT2D eigenvalue weighted by molar-refractivity contribution is 5.89. The molecule has 0 aliphatic heterocycles. The van der Waals surface area contributed by atoms with Crippen molar-refractivity contribution >= 4 is 17.0 Å². The number of ether oxygens (including phenoxy) is 2. The number of rotatable bonds is 9. The van der Waals surface area contributed by atoms with E-state index in [1.54, 1.807) is 7.11 Å². The van der Waals surface area contributed by atoms with E-state index < -0.39 is 6.09 Å². The van der Waals surface area contributed by atoms with E-state index in [0.717, 1.165) is 33.3 Å². The van der Waals surface area contributed by atoms with Gasteiger partial charge in [-0.15, -0.1) is 0 Å². The van der Waals surface area contributed by atoms with Gasteiger partial charge in [-0.05, 0) is 35.7 Å². The van der Waals surface area contributed by atoms with Crippen molar-refractivity contribution < 1.29 is 19.4 Å². The molecule has 4 aromatic rings. The fourth-order valence-corrected chi connectivity index (χ4v) is 3.81. The van der Waals surface area contributed by atoms with E-state index in [0.29, 0.717) is 25.3 Å². The molecule has 6 heteroatoms. The van der Waals surface area contributed by atoms with Crippen molar-refractivity contribution in [2.24, 2.45) is 0 Å². The normalized spacial score (nSPS) is 10.8. The average Bonchev–Trinajstić information content (AvgIpc) is 3.25. The number of nitrogens with zero attached hydrogens (tertiary/aromatic N) is 1. The van der Waals surface area contributed by atoms with Crippen LogP contribution in [0.1, 0.15) is 16.7 Å². The van der Waals surface area contributed by atoms with Crippen LogP contribution in [-0.4, -0.2) is 34.7 Å². The molecule has 0 bridgehead atoms. The van der Waals surface area contributed by atoms with Gasteiger partial charge in [0.15, 0.2) is 0 Å². The van der Waals surface area contributed by atoms with Crippen LogP contribution in [0.5, 0.6) is 11.5 Å². The molecule has 0 aliphatic rings. The highest BCUT2D eigenvalue weighted by Gasteiger charge is 2.17. The third-order valence-corrected chi connectivity index (χ3v) is 5.46. The van der Waals surface area contributed by atoms with Gasteiger partial charge < -0.3 is 24.5 Å². The molecule has 0 aliphatic carbocycles. The number of hydrogen-bond donors (Lipinski definition) is 2.